The van der Waals surface area contributed by atoms with Crippen LogP contribution in [0.3, 0.4) is 0 Å². The standard InChI is InChI=1S/C25H29ClN4O4/c1-28(15-23(32)30-12-19(31)13-30)11-17-5-8-22-20(9-17)24(33)21(14-29(22)2)25(34)27-10-16-3-6-18(26)7-4-16/h3-9,14,19,23,31-32H,10-13,15H2,1-2H3,(H,27,34). The van der Waals surface area contributed by atoms with Gasteiger partial charge >= 0.3 is 0 Å². The summed E-state index contributed by atoms with van der Waals surface area (Å²) in [5, 5.41) is 23.6. The third kappa shape index (κ3) is 5.48. The molecule has 1 amide bonds. The second-order valence-electron chi connectivity index (χ2n) is 8.93. The van der Waals surface area contributed by atoms with Crippen LogP contribution in [-0.4, -0.2) is 69.5 Å². The lowest BCUT2D eigenvalue weighted by molar-refractivity contribution is -0.107. The van der Waals surface area contributed by atoms with Gasteiger partial charge in [0.25, 0.3) is 5.91 Å². The fourth-order valence-electron chi connectivity index (χ4n) is 4.18. The summed E-state index contributed by atoms with van der Waals surface area (Å²) >= 11 is 5.90. The van der Waals surface area contributed by atoms with Gasteiger partial charge < -0.3 is 20.1 Å². The van der Waals surface area contributed by atoms with Crippen molar-refractivity contribution in [1.29, 1.82) is 0 Å². The molecule has 1 aliphatic heterocycles. The summed E-state index contributed by atoms with van der Waals surface area (Å²) in [6.07, 6.45) is 0.540. The second-order valence-corrected chi connectivity index (χ2v) is 9.36. The van der Waals surface area contributed by atoms with E-state index in [1.54, 1.807) is 29.9 Å². The van der Waals surface area contributed by atoms with Crippen LogP contribution in [0.5, 0.6) is 0 Å². The van der Waals surface area contributed by atoms with E-state index >= 15 is 0 Å². The molecule has 3 aromatic rings. The lowest BCUT2D eigenvalue weighted by Crippen LogP contribution is -2.57. The lowest BCUT2D eigenvalue weighted by atomic mass is 10.1. The van der Waals surface area contributed by atoms with Crippen LogP contribution in [0.25, 0.3) is 10.9 Å². The van der Waals surface area contributed by atoms with Crippen LogP contribution in [0, 0.1) is 0 Å². The number of β-amino-alcohol motifs (C(OH)–C–C–N with tert-alkyl or cyclic N) is 1. The summed E-state index contributed by atoms with van der Waals surface area (Å²) in [4.78, 5) is 29.8. The van der Waals surface area contributed by atoms with Gasteiger partial charge in [-0.2, -0.15) is 0 Å². The Morgan fingerprint density at radius 1 is 1.21 bits per heavy atom. The molecule has 1 unspecified atom stereocenters. The average molecular weight is 485 g/mol. The zero-order valence-corrected chi connectivity index (χ0v) is 20.0. The van der Waals surface area contributed by atoms with Gasteiger partial charge in [0.05, 0.1) is 11.6 Å². The van der Waals surface area contributed by atoms with E-state index < -0.39 is 12.1 Å². The summed E-state index contributed by atoms with van der Waals surface area (Å²) in [5.41, 5.74) is 2.29. The highest BCUT2D eigenvalue weighted by Gasteiger charge is 2.30. The van der Waals surface area contributed by atoms with Crippen molar-refractivity contribution in [2.24, 2.45) is 7.05 Å². The summed E-state index contributed by atoms with van der Waals surface area (Å²) in [6, 6.07) is 12.8. The number of nitrogens with one attached hydrogen (secondary N) is 1. The topological polar surface area (TPSA) is 98.0 Å². The van der Waals surface area contributed by atoms with Crippen molar-refractivity contribution in [2.45, 2.75) is 25.4 Å². The van der Waals surface area contributed by atoms with Crippen LogP contribution in [0.4, 0.5) is 0 Å². The molecule has 1 fully saturated rings. The number of amides is 1. The van der Waals surface area contributed by atoms with Gasteiger partial charge in [0, 0.05) is 56.4 Å². The minimum atomic E-state index is -0.655. The van der Waals surface area contributed by atoms with Crippen LogP contribution in [-0.2, 0) is 20.1 Å². The third-order valence-corrected chi connectivity index (χ3v) is 6.36. The number of hydrogen-bond acceptors (Lipinski definition) is 6. The van der Waals surface area contributed by atoms with Gasteiger partial charge in [-0.05, 0) is 42.4 Å². The fraction of sp³-hybridized carbons (Fsp3) is 0.360. The first-order valence-electron chi connectivity index (χ1n) is 11.1. The molecule has 180 valence electrons. The van der Waals surface area contributed by atoms with Crippen molar-refractivity contribution in [1.82, 2.24) is 19.7 Å². The molecule has 1 atom stereocenters. The Kier molecular flexibility index (Phi) is 7.35. The SMILES string of the molecule is CN(Cc1ccc2c(c1)c(=O)c(C(=O)NCc1ccc(Cl)cc1)cn2C)CC(O)N1CC(O)C1. The first-order valence-corrected chi connectivity index (χ1v) is 11.5. The number of benzene rings is 2. The van der Waals surface area contributed by atoms with E-state index in [-0.39, 0.29) is 17.1 Å². The Morgan fingerprint density at radius 2 is 1.88 bits per heavy atom. The van der Waals surface area contributed by atoms with Crippen LogP contribution in [0.2, 0.25) is 5.02 Å². The molecule has 1 aromatic heterocycles. The Hall–Kier alpha value is -2.75. The Labute approximate surface area is 203 Å². The molecule has 3 N–H and O–H groups in total. The Morgan fingerprint density at radius 3 is 2.56 bits per heavy atom. The van der Waals surface area contributed by atoms with E-state index in [0.717, 1.165) is 16.6 Å². The molecule has 8 nitrogen and oxygen atoms in total. The molecule has 9 heteroatoms. The third-order valence-electron chi connectivity index (χ3n) is 6.10. The van der Waals surface area contributed by atoms with Gasteiger partial charge in [0.15, 0.2) is 0 Å². The van der Waals surface area contributed by atoms with Crippen molar-refractivity contribution in [2.75, 3.05) is 26.7 Å². The number of carbonyl (C=O) groups is 1. The van der Waals surface area contributed by atoms with E-state index in [1.807, 2.05) is 47.2 Å². The minimum absolute atomic E-state index is 0.0845. The molecule has 0 bridgehead atoms. The number of carbonyl (C=O) groups excluding carboxylic acids is 1. The molecule has 34 heavy (non-hydrogen) atoms. The number of halogens is 1. The van der Waals surface area contributed by atoms with E-state index in [9.17, 15) is 19.8 Å². The summed E-state index contributed by atoms with van der Waals surface area (Å²) in [7, 11) is 3.70. The highest BCUT2D eigenvalue weighted by atomic mass is 35.5. The zero-order chi connectivity index (χ0) is 24.4. The number of likely N-dealkylation sites (N-methyl/N-ethyl adjacent to an activating group) is 1. The van der Waals surface area contributed by atoms with Gasteiger partial charge in [0.2, 0.25) is 5.43 Å². The number of pyridine rings is 1. The van der Waals surface area contributed by atoms with E-state index in [1.165, 1.54) is 0 Å². The molecule has 0 aliphatic carbocycles. The first-order chi connectivity index (χ1) is 16.2. The number of aromatic nitrogens is 1. The number of nitrogens with zero attached hydrogens (tertiary/aromatic N) is 3. The van der Waals surface area contributed by atoms with Gasteiger partial charge in [0.1, 0.15) is 11.8 Å². The van der Waals surface area contributed by atoms with E-state index in [4.69, 9.17) is 11.6 Å². The molecule has 1 aliphatic rings. The molecule has 2 aromatic carbocycles. The number of rotatable bonds is 8. The lowest BCUT2D eigenvalue weighted by Gasteiger charge is -2.40. The molecule has 2 heterocycles. The van der Waals surface area contributed by atoms with Gasteiger partial charge in [-0.25, -0.2) is 0 Å². The molecule has 0 spiro atoms. The predicted molar refractivity (Wildman–Crippen MR) is 132 cm³/mol. The largest absolute Gasteiger partial charge is 0.390 e. The summed E-state index contributed by atoms with van der Waals surface area (Å²) in [6.45, 7) is 2.18. The number of aliphatic hydroxyl groups excluding tert-OH is 2. The molecule has 4 rings (SSSR count). The molecular weight excluding hydrogens is 456 g/mol. The molecule has 0 radical (unpaired) electrons. The van der Waals surface area contributed by atoms with Gasteiger partial charge in [-0.1, -0.05) is 29.8 Å². The zero-order valence-electron chi connectivity index (χ0n) is 19.2. The quantitative estimate of drug-likeness (QED) is 0.449. The normalized spacial score (nSPS) is 15.5. The van der Waals surface area contributed by atoms with Crippen molar-refractivity contribution in [3.05, 3.63) is 80.6 Å². The number of aliphatic hydroxyl groups is 2. The number of aryl methyl sites for hydroxylation is 1. The monoisotopic (exact) mass is 484 g/mol. The molecule has 1 saturated heterocycles. The van der Waals surface area contributed by atoms with Crippen molar-refractivity contribution < 1.29 is 15.0 Å². The number of hydrogen-bond donors (Lipinski definition) is 3. The highest BCUT2D eigenvalue weighted by molar-refractivity contribution is 6.30. The second kappa shape index (κ2) is 10.2. The Balaban J connectivity index is 1.49. The van der Waals surface area contributed by atoms with Crippen LogP contribution in [0.15, 0.2) is 53.5 Å². The maximum Gasteiger partial charge on any atom is 0.257 e. The van der Waals surface area contributed by atoms with Crippen LogP contribution < -0.4 is 10.7 Å². The predicted octanol–water partition coefficient (Wildman–Crippen LogP) is 1.55. The number of likely N-dealkylation sites (tertiary alicyclic amines) is 1. The summed E-state index contributed by atoms with van der Waals surface area (Å²) in [5.74, 6) is -0.431. The average Bonchev–Trinajstić information content (AvgIpc) is 2.78. The van der Waals surface area contributed by atoms with Crippen molar-refractivity contribution in [3.8, 4) is 0 Å². The van der Waals surface area contributed by atoms with Crippen LogP contribution in [0.1, 0.15) is 21.5 Å². The summed E-state index contributed by atoms with van der Waals surface area (Å²) < 4.78 is 1.78. The van der Waals surface area contributed by atoms with Gasteiger partial charge in [-0.15, -0.1) is 0 Å². The number of fused-ring (bicyclic) bond motifs is 1. The van der Waals surface area contributed by atoms with Crippen molar-refractivity contribution >= 4 is 28.4 Å². The van der Waals surface area contributed by atoms with Crippen LogP contribution >= 0.6 is 11.6 Å². The molecule has 0 saturated carbocycles. The van der Waals surface area contributed by atoms with E-state index in [0.29, 0.717) is 43.1 Å². The molecular formula is C25H29ClN4O4. The highest BCUT2D eigenvalue weighted by Crippen LogP contribution is 2.17. The maximum atomic E-state index is 13.2. The maximum absolute atomic E-state index is 13.2. The first kappa shape index (κ1) is 24.4. The van der Waals surface area contributed by atoms with Crippen molar-refractivity contribution in [3.63, 3.8) is 0 Å². The smallest absolute Gasteiger partial charge is 0.257 e. The van der Waals surface area contributed by atoms with E-state index in [2.05, 4.69) is 5.32 Å². The minimum Gasteiger partial charge on any atom is -0.390 e. The fourth-order valence-corrected chi connectivity index (χ4v) is 4.31. The Bertz CT molecular complexity index is 1240. The van der Waals surface area contributed by atoms with Gasteiger partial charge in [-0.3, -0.25) is 19.4 Å².